The molecule has 1 N–H and O–H groups in total. The van der Waals surface area contributed by atoms with Gasteiger partial charge in [0.2, 0.25) is 0 Å². The Kier molecular flexibility index (Phi) is 4.81. The second-order valence-electron chi connectivity index (χ2n) is 5.68. The van der Waals surface area contributed by atoms with Gasteiger partial charge in [0, 0.05) is 12.2 Å². The molecule has 0 aliphatic heterocycles. The highest BCUT2D eigenvalue weighted by molar-refractivity contribution is 5.19. The van der Waals surface area contributed by atoms with Crippen molar-refractivity contribution in [2.24, 2.45) is 5.92 Å². The highest BCUT2D eigenvalue weighted by Crippen LogP contribution is 2.22. The van der Waals surface area contributed by atoms with Gasteiger partial charge in [0.15, 0.2) is 0 Å². The first-order chi connectivity index (χ1) is 8.72. The summed E-state index contributed by atoms with van der Waals surface area (Å²) in [6, 6.07) is 0. The fourth-order valence-electron chi connectivity index (χ4n) is 2.88. The maximum Gasteiger partial charge on any atom is 0.106 e. The van der Waals surface area contributed by atoms with Crippen molar-refractivity contribution in [3.05, 3.63) is 17.2 Å². The predicted octanol–water partition coefficient (Wildman–Crippen LogP) is 2.71. The number of hydrogen-bond acceptors (Lipinski definition) is 2. The molecule has 0 aromatic carbocycles. The average Bonchev–Trinajstić information content (AvgIpc) is 2.67. The van der Waals surface area contributed by atoms with E-state index in [-0.39, 0.29) is 0 Å². The summed E-state index contributed by atoms with van der Waals surface area (Å²) in [5, 5.41) is 3.51. The minimum absolute atomic E-state index is 0.676. The molecule has 0 amide bonds. The maximum atomic E-state index is 4.74. The second kappa shape index (κ2) is 6.37. The van der Waals surface area contributed by atoms with Gasteiger partial charge in [-0.3, -0.25) is 0 Å². The van der Waals surface area contributed by atoms with E-state index >= 15 is 0 Å². The third-order valence-electron chi connectivity index (χ3n) is 3.84. The number of hydrogen-bond donors (Lipinski definition) is 1. The smallest absolute Gasteiger partial charge is 0.106 e. The SMILES string of the molecule is CCCNCC(C)Cn1c(C)nc2c1CCCC2. The molecule has 1 aromatic rings. The molecule has 0 bridgehead atoms. The number of aromatic nitrogens is 2. The van der Waals surface area contributed by atoms with Gasteiger partial charge in [-0.15, -0.1) is 0 Å². The molecule has 0 radical (unpaired) electrons. The Labute approximate surface area is 111 Å². The van der Waals surface area contributed by atoms with Gasteiger partial charge >= 0.3 is 0 Å². The van der Waals surface area contributed by atoms with Crippen molar-refractivity contribution in [2.45, 2.75) is 59.4 Å². The zero-order valence-corrected chi connectivity index (χ0v) is 12.1. The molecular weight excluding hydrogens is 222 g/mol. The molecule has 1 unspecified atom stereocenters. The number of nitrogens with zero attached hydrogens (tertiary/aromatic N) is 2. The summed E-state index contributed by atoms with van der Waals surface area (Å²) in [6.45, 7) is 10.1. The van der Waals surface area contributed by atoms with E-state index < -0.39 is 0 Å². The highest BCUT2D eigenvalue weighted by Gasteiger charge is 2.18. The molecule has 18 heavy (non-hydrogen) atoms. The Balaban J connectivity index is 1.98. The van der Waals surface area contributed by atoms with Crippen molar-refractivity contribution in [1.82, 2.24) is 14.9 Å². The fourth-order valence-corrected chi connectivity index (χ4v) is 2.88. The first-order valence-corrected chi connectivity index (χ1v) is 7.48. The lowest BCUT2D eigenvalue weighted by Gasteiger charge is -2.18. The number of imidazole rings is 1. The molecule has 1 aliphatic rings. The van der Waals surface area contributed by atoms with Crippen LogP contribution in [0.15, 0.2) is 0 Å². The molecule has 2 rings (SSSR count). The lowest BCUT2D eigenvalue weighted by atomic mass is 10.0. The van der Waals surface area contributed by atoms with Crippen LogP contribution in [0.5, 0.6) is 0 Å². The average molecular weight is 249 g/mol. The van der Waals surface area contributed by atoms with E-state index in [1.54, 1.807) is 0 Å². The van der Waals surface area contributed by atoms with Crippen LogP contribution in [-0.4, -0.2) is 22.6 Å². The Bertz CT molecular complexity index is 381. The number of fused-ring (bicyclic) bond motifs is 1. The van der Waals surface area contributed by atoms with Gasteiger partial charge < -0.3 is 9.88 Å². The van der Waals surface area contributed by atoms with E-state index in [9.17, 15) is 0 Å². The molecule has 3 heteroatoms. The van der Waals surface area contributed by atoms with Crippen LogP contribution in [0.2, 0.25) is 0 Å². The topological polar surface area (TPSA) is 29.9 Å². The monoisotopic (exact) mass is 249 g/mol. The summed E-state index contributed by atoms with van der Waals surface area (Å²) in [4.78, 5) is 4.74. The quantitative estimate of drug-likeness (QED) is 0.786. The summed E-state index contributed by atoms with van der Waals surface area (Å²) in [5.74, 6) is 1.89. The predicted molar refractivity (Wildman–Crippen MR) is 75.9 cm³/mol. The van der Waals surface area contributed by atoms with Gasteiger partial charge in [-0.25, -0.2) is 4.98 Å². The molecule has 0 saturated carbocycles. The molecule has 0 fully saturated rings. The molecule has 0 spiro atoms. The molecule has 1 atom stereocenters. The molecular formula is C15H27N3. The van der Waals surface area contributed by atoms with Crippen LogP contribution in [0.25, 0.3) is 0 Å². The number of nitrogens with one attached hydrogen (secondary N) is 1. The van der Waals surface area contributed by atoms with E-state index in [0.29, 0.717) is 5.92 Å². The largest absolute Gasteiger partial charge is 0.332 e. The first kappa shape index (κ1) is 13.6. The lowest BCUT2D eigenvalue weighted by Crippen LogP contribution is -2.25. The lowest BCUT2D eigenvalue weighted by molar-refractivity contribution is 0.430. The Hall–Kier alpha value is -0.830. The van der Waals surface area contributed by atoms with Crippen LogP contribution < -0.4 is 5.32 Å². The van der Waals surface area contributed by atoms with E-state index in [4.69, 9.17) is 4.98 Å². The Morgan fingerprint density at radius 2 is 2.11 bits per heavy atom. The van der Waals surface area contributed by atoms with Gasteiger partial charge in [-0.2, -0.15) is 0 Å². The van der Waals surface area contributed by atoms with Crippen molar-refractivity contribution >= 4 is 0 Å². The molecule has 102 valence electrons. The van der Waals surface area contributed by atoms with E-state index in [2.05, 4.69) is 30.7 Å². The molecule has 0 saturated heterocycles. The molecule has 1 aliphatic carbocycles. The van der Waals surface area contributed by atoms with Gasteiger partial charge in [-0.05, 0) is 58.0 Å². The van der Waals surface area contributed by atoms with Gasteiger partial charge in [0.1, 0.15) is 5.82 Å². The zero-order valence-electron chi connectivity index (χ0n) is 12.1. The zero-order chi connectivity index (χ0) is 13.0. The highest BCUT2D eigenvalue weighted by atomic mass is 15.1. The van der Waals surface area contributed by atoms with E-state index in [1.807, 2.05) is 0 Å². The normalized spacial score (nSPS) is 16.6. The van der Waals surface area contributed by atoms with Crippen LogP contribution in [-0.2, 0) is 19.4 Å². The van der Waals surface area contributed by atoms with Gasteiger partial charge in [-0.1, -0.05) is 13.8 Å². The van der Waals surface area contributed by atoms with E-state index in [0.717, 1.165) is 19.6 Å². The maximum absolute atomic E-state index is 4.74. The molecule has 3 nitrogen and oxygen atoms in total. The van der Waals surface area contributed by atoms with Crippen LogP contribution in [0.3, 0.4) is 0 Å². The van der Waals surface area contributed by atoms with Crippen molar-refractivity contribution in [3.8, 4) is 0 Å². The summed E-state index contributed by atoms with van der Waals surface area (Å²) in [6.07, 6.45) is 6.28. The van der Waals surface area contributed by atoms with Crippen LogP contribution in [0.1, 0.15) is 50.3 Å². The Morgan fingerprint density at radius 3 is 2.89 bits per heavy atom. The van der Waals surface area contributed by atoms with Crippen molar-refractivity contribution in [2.75, 3.05) is 13.1 Å². The fraction of sp³-hybridized carbons (Fsp3) is 0.800. The summed E-state index contributed by atoms with van der Waals surface area (Å²) >= 11 is 0. The number of rotatable bonds is 6. The van der Waals surface area contributed by atoms with E-state index in [1.165, 1.54) is 49.3 Å². The third-order valence-corrected chi connectivity index (χ3v) is 3.84. The minimum Gasteiger partial charge on any atom is -0.332 e. The van der Waals surface area contributed by atoms with Crippen molar-refractivity contribution in [1.29, 1.82) is 0 Å². The van der Waals surface area contributed by atoms with Crippen LogP contribution in [0.4, 0.5) is 0 Å². The first-order valence-electron chi connectivity index (χ1n) is 7.48. The van der Waals surface area contributed by atoms with Gasteiger partial charge in [0.05, 0.1) is 5.69 Å². The summed E-state index contributed by atoms with van der Waals surface area (Å²) in [7, 11) is 0. The summed E-state index contributed by atoms with van der Waals surface area (Å²) < 4.78 is 2.47. The minimum atomic E-state index is 0.676. The van der Waals surface area contributed by atoms with Crippen LogP contribution >= 0.6 is 0 Å². The molecule has 1 heterocycles. The Morgan fingerprint density at radius 1 is 1.33 bits per heavy atom. The number of aryl methyl sites for hydroxylation is 2. The van der Waals surface area contributed by atoms with Crippen LogP contribution in [0, 0.1) is 12.8 Å². The summed E-state index contributed by atoms with van der Waals surface area (Å²) in [5.41, 5.74) is 2.88. The van der Waals surface area contributed by atoms with Gasteiger partial charge in [0.25, 0.3) is 0 Å². The third kappa shape index (κ3) is 3.14. The van der Waals surface area contributed by atoms with Crippen molar-refractivity contribution < 1.29 is 0 Å². The second-order valence-corrected chi connectivity index (χ2v) is 5.68. The van der Waals surface area contributed by atoms with Crippen molar-refractivity contribution in [3.63, 3.8) is 0 Å². The standard InChI is InChI=1S/C15H27N3/c1-4-9-16-10-12(2)11-18-13(3)17-14-7-5-6-8-15(14)18/h12,16H,4-11H2,1-3H3. The molecule has 1 aromatic heterocycles.